The quantitative estimate of drug-likeness (QED) is 0.932. The van der Waals surface area contributed by atoms with Gasteiger partial charge in [-0.1, -0.05) is 18.2 Å². The number of H-pyrrole nitrogens is 1. The van der Waals surface area contributed by atoms with E-state index >= 15 is 0 Å². The van der Waals surface area contributed by atoms with E-state index in [0.717, 1.165) is 38.5 Å². The minimum atomic E-state index is -0.203. The molecule has 1 saturated heterocycles. The van der Waals surface area contributed by atoms with E-state index in [9.17, 15) is 4.79 Å². The number of hydrogen-bond acceptors (Lipinski definition) is 4. The van der Waals surface area contributed by atoms with Gasteiger partial charge in [-0.2, -0.15) is 0 Å². The maximum Gasteiger partial charge on any atom is 0.258 e. The van der Waals surface area contributed by atoms with Crippen LogP contribution in [0.25, 0.3) is 0 Å². The Morgan fingerprint density at radius 3 is 2.82 bits per heavy atom. The zero-order valence-corrected chi connectivity index (χ0v) is 12.7. The van der Waals surface area contributed by atoms with Crippen molar-refractivity contribution in [2.24, 2.45) is 0 Å². The van der Waals surface area contributed by atoms with Gasteiger partial charge in [0.25, 0.3) is 5.56 Å². The smallest absolute Gasteiger partial charge is 0.258 e. The van der Waals surface area contributed by atoms with Crippen LogP contribution in [0.3, 0.4) is 0 Å². The second-order valence-electron chi connectivity index (χ2n) is 5.40. The lowest BCUT2D eigenvalue weighted by atomic mass is 10.1. The van der Waals surface area contributed by atoms with Gasteiger partial charge in [0, 0.05) is 38.6 Å². The molecule has 1 N–H and O–H groups in total. The molecule has 2 aromatic rings. The third-order valence-corrected chi connectivity index (χ3v) is 3.86. The molecular formula is C17H20N3O2. The fraction of sp³-hybridized carbons (Fsp3) is 0.353. The first kappa shape index (κ1) is 14.7. The number of nitrogens with one attached hydrogen (secondary N) is 1. The summed E-state index contributed by atoms with van der Waals surface area (Å²) in [6.07, 6.45) is 1.65. The first-order valence-electron chi connectivity index (χ1n) is 7.47. The standard InChI is InChI=1S/C17H20N3O2/c1-19(15-6-7-18-17(21)12-15)13-14-4-2-3-5-16(14)20-8-10-22-11-9-20/h2-7H,8-11,13H2,1H3,(H,18,21). The molecule has 5 heteroatoms. The number of aromatic amines is 1. The van der Waals surface area contributed by atoms with Crippen molar-refractivity contribution in [1.29, 1.82) is 0 Å². The number of pyridine rings is 1. The summed E-state index contributed by atoms with van der Waals surface area (Å²) in [4.78, 5) is 18.4. The van der Waals surface area contributed by atoms with Crippen LogP contribution in [0, 0.1) is 6.07 Å². The summed E-state index contributed by atoms with van der Waals surface area (Å²) < 4.78 is 5.43. The predicted octanol–water partition coefficient (Wildman–Crippen LogP) is 1.65. The Morgan fingerprint density at radius 1 is 1.27 bits per heavy atom. The summed E-state index contributed by atoms with van der Waals surface area (Å²) in [6.45, 7) is 4.10. The van der Waals surface area contributed by atoms with Crippen molar-refractivity contribution < 1.29 is 4.74 Å². The molecule has 1 aromatic heterocycles. The first-order chi connectivity index (χ1) is 10.7. The average molecular weight is 298 g/mol. The van der Waals surface area contributed by atoms with Crippen LogP contribution in [-0.2, 0) is 11.3 Å². The molecule has 3 rings (SSSR count). The molecule has 1 fully saturated rings. The van der Waals surface area contributed by atoms with Crippen molar-refractivity contribution in [3.8, 4) is 0 Å². The van der Waals surface area contributed by atoms with Gasteiger partial charge in [0.15, 0.2) is 0 Å². The zero-order valence-electron chi connectivity index (χ0n) is 12.7. The van der Waals surface area contributed by atoms with Crippen LogP contribution >= 0.6 is 0 Å². The van der Waals surface area contributed by atoms with E-state index in [-0.39, 0.29) is 5.56 Å². The largest absolute Gasteiger partial charge is 0.378 e. The molecule has 1 aliphatic rings. The lowest BCUT2D eigenvalue weighted by Crippen LogP contribution is -2.37. The van der Waals surface area contributed by atoms with E-state index < -0.39 is 0 Å². The fourth-order valence-electron chi connectivity index (χ4n) is 2.71. The first-order valence-corrected chi connectivity index (χ1v) is 7.47. The van der Waals surface area contributed by atoms with E-state index in [4.69, 9.17) is 4.74 Å². The number of rotatable bonds is 4. The van der Waals surface area contributed by atoms with Crippen LogP contribution < -0.4 is 15.4 Å². The molecule has 22 heavy (non-hydrogen) atoms. The summed E-state index contributed by atoms with van der Waals surface area (Å²) in [6, 6.07) is 13.1. The van der Waals surface area contributed by atoms with Crippen molar-refractivity contribution in [3.63, 3.8) is 0 Å². The minimum absolute atomic E-state index is 0.203. The Kier molecular flexibility index (Phi) is 4.44. The van der Waals surface area contributed by atoms with E-state index in [1.165, 1.54) is 11.3 Å². The van der Waals surface area contributed by atoms with Crippen LogP contribution in [0.4, 0.5) is 11.4 Å². The summed E-state index contributed by atoms with van der Waals surface area (Å²) >= 11 is 0. The number of ether oxygens (including phenoxy) is 1. The number of aromatic nitrogens is 1. The topological polar surface area (TPSA) is 48.6 Å². The summed E-state index contributed by atoms with van der Waals surface area (Å²) in [5, 5.41) is 0. The highest BCUT2D eigenvalue weighted by atomic mass is 16.5. The third-order valence-electron chi connectivity index (χ3n) is 3.86. The zero-order chi connectivity index (χ0) is 15.4. The molecule has 0 aliphatic carbocycles. The number of benzene rings is 1. The molecule has 115 valence electrons. The number of para-hydroxylation sites is 1. The number of nitrogens with zero attached hydrogens (tertiary/aromatic N) is 2. The number of anilines is 2. The van der Waals surface area contributed by atoms with Crippen LogP contribution in [0.15, 0.2) is 41.3 Å². The lowest BCUT2D eigenvalue weighted by molar-refractivity contribution is 0.122. The summed E-state index contributed by atoms with van der Waals surface area (Å²) in [5.74, 6) is 0. The molecule has 1 radical (unpaired) electrons. The van der Waals surface area contributed by atoms with Crippen LogP contribution in [0.5, 0.6) is 0 Å². The highest BCUT2D eigenvalue weighted by molar-refractivity contribution is 5.56. The Labute approximate surface area is 130 Å². The monoisotopic (exact) mass is 298 g/mol. The van der Waals surface area contributed by atoms with Crippen molar-refractivity contribution in [3.05, 3.63) is 58.5 Å². The molecule has 0 saturated carbocycles. The Bertz CT molecular complexity index is 677. The van der Waals surface area contributed by atoms with Crippen molar-refractivity contribution in [2.45, 2.75) is 6.54 Å². The molecule has 0 amide bonds. The highest BCUT2D eigenvalue weighted by Gasteiger charge is 2.15. The summed E-state index contributed by atoms with van der Waals surface area (Å²) in [7, 11) is 1.97. The van der Waals surface area contributed by atoms with Crippen molar-refractivity contribution in [2.75, 3.05) is 43.2 Å². The van der Waals surface area contributed by atoms with E-state index in [1.807, 2.05) is 18.0 Å². The molecule has 5 nitrogen and oxygen atoms in total. The van der Waals surface area contributed by atoms with Crippen LogP contribution in [0.1, 0.15) is 5.56 Å². The van der Waals surface area contributed by atoms with E-state index in [2.05, 4.69) is 40.2 Å². The third kappa shape index (κ3) is 3.31. The molecule has 0 unspecified atom stereocenters. The Balaban J connectivity index is 1.81. The fourth-order valence-corrected chi connectivity index (χ4v) is 2.71. The molecule has 1 aromatic carbocycles. The van der Waals surface area contributed by atoms with Crippen LogP contribution in [-0.4, -0.2) is 38.3 Å². The SMILES string of the molecule is CN(Cc1ccccc1N1CCOCC1)c1[c]c(=O)[nH]cc1. The number of morpholine rings is 1. The maximum atomic E-state index is 11.4. The van der Waals surface area contributed by atoms with Gasteiger partial charge in [-0.05, 0) is 17.7 Å². The van der Waals surface area contributed by atoms with Gasteiger partial charge < -0.3 is 19.5 Å². The molecule has 0 bridgehead atoms. The second-order valence-corrected chi connectivity index (χ2v) is 5.40. The normalized spacial score (nSPS) is 14.9. The molecule has 0 atom stereocenters. The van der Waals surface area contributed by atoms with Gasteiger partial charge in [0.2, 0.25) is 0 Å². The maximum absolute atomic E-state index is 11.4. The molecular weight excluding hydrogens is 278 g/mol. The van der Waals surface area contributed by atoms with E-state index in [1.54, 1.807) is 6.20 Å². The Morgan fingerprint density at radius 2 is 2.05 bits per heavy atom. The molecule has 1 aliphatic heterocycles. The lowest BCUT2D eigenvalue weighted by Gasteiger charge is -2.31. The van der Waals surface area contributed by atoms with Crippen LogP contribution in [0.2, 0.25) is 0 Å². The van der Waals surface area contributed by atoms with Gasteiger partial charge in [-0.25, -0.2) is 0 Å². The van der Waals surface area contributed by atoms with Gasteiger partial charge in [-0.15, -0.1) is 0 Å². The van der Waals surface area contributed by atoms with Gasteiger partial charge >= 0.3 is 0 Å². The van der Waals surface area contributed by atoms with Crippen molar-refractivity contribution >= 4 is 11.4 Å². The molecule has 2 heterocycles. The second kappa shape index (κ2) is 6.66. The molecule has 0 spiro atoms. The average Bonchev–Trinajstić information content (AvgIpc) is 2.56. The van der Waals surface area contributed by atoms with Gasteiger partial charge in [-0.3, -0.25) is 4.79 Å². The van der Waals surface area contributed by atoms with E-state index in [0.29, 0.717) is 0 Å². The van der Waals surface area contributed by atoms with Gasteiger partial charge in [0.1, 0.15) is 0 Å². The van der Waals surface area contributed by atoms with Gasteiger partial charge in [0.05, 0.1) is 25.0 Å². The Hall–Kier alpha value is -2.27. The highest BCUT2D eigenvalue weighted by Crippen LogP contribution is 2.24. The minimum Gasteiger partial charge on any atom is -0.378 e. The number of hydrogen-bond donors (Lipinski definition) is 1. The van der Waals surface area contributed by atoms with Crippen molar-refractivity contribution in [1.82, 2.24) is 4.98 Å². The predicted molar refractivity (Wildman–Crippen MR) is 87.5 cm³/mol. The summed E-state index contributed by atoms with van der Waals surface area (Å²) in [5.41, 5.74) is 3.06.